The minimum Gasteiger partial charge on any atom is -0.507 e. The van der Waals surface area contributed by atoms with E-state index in [0.29, 0.717) is 6.42 Å². The van der Waals surface area contributed by atoms with Gasteiger partial charge in [-0.1, -0.05) is 43.5 Å². The van der Waals surface area contributed by atoms with Crippen molar-refractivity contribution >= 4 is 0 Å². The molecule has 2 nitrogen and oxygen atoms in total. The summed E-state index contributed by atoms with van der Waals surface area (Å²) in [6.07, 6.45) is 5.11. The summed E-state index contributed by atoms with van der Waals surface area (Å²) in [5.41, 5.74) is 0.478. The maximum Gasteiger partial charge on any atom is 0.123 e. The van der Waals surface area contributed by atoms with E-state index >= 15 is 0 Å². The van der Waals surface area contributed by atoms with E-state index in [2.05, 4.69) is 6.92 Å². The van der Waals surface area contributed by atoms with Crippen molar-refractivity contribution in [2.24, 2.45) is 5.92 Å². The fraction of sp³-hybridized carbons (Fsp3) is 0.524. The Hall–Kier alpha value is -1.70. The molecule has 0 radical (unpaired) electrons. The molecule has 0 spiro atoms. The van der Waals surface area contributed by atoms with Crippen LogP contribution in [0, 0.1) is 5.92 Å². The average molecular weight is 323 g/mol. The van der Waals surface area contributed by atoms with E-state index < -0.39 is 37.6 Å². The molecule has 2 rings (SSSR count). The summed E-state index contributed by atoms with van der Waals surface area (Å²) >= 11 is 0. The molecule has 0 heterocycles. The van der Waals surface area contributed by atoms with Gasteiger partial charge in [0.2, 0.25) is 0 Å². The second kappa shape index (κ2) is 7.72. The molecule has 23 heavy (non-hydrogen) atoms. The summed E-state index contributed by atoms with van der Waals surface area (Å²) in [6, 6.07) is 3.03. The molecule has 0 aliphatic heterocycles. The van der Waals surface area contributed by atoms with E-state index in [0.717, 1.165) is 24.8 Å². The summed E-state index contributed by atoms with van der Waals surface area (Å²) in [4.78, 5) is 0. The summed E-state index contributed by atoms with van der Waals surface area (Å²) in [5, 5.41) is 21.5. The Kier molecular flexibility index (Phi) is 3.21. The van der Waals surface area contributed by atoms with Crippen molar-refractivity contribution in [2.75, 3.05) is 0 Å². The number of benzene rings is 1. The van der Waals surface area contributed by atoms with Gasteiger partial charge in [0, 0.05) is 19.7 Å². The lowest BCUT2D eigenvalue weighted by molar-refractivity contribution is 0.406. The number of rotatable bonds is 6. The highest BCUT2D eigenvalue weighted by atomic mass is 16.3. The van der Waals surface area contributed by atoms with Crippen molar-refractivity contribution in [1.29, 1.82) is 0 Å². The minimum absolute atomic E-state index is 0.0358. The number of unbranched alkanes of at least 4 members (excludes halogenated alkanes) is 2. The molecule has 0 unspecified atom stereocenters. The first-order valence-electron chi connectivity index (χ1n) is 12.2. The lowest BCUT2D eigenvalue weighted by atomic mass is 9.73. The van der Waals surface area contributed by atoms with Gasteiger partial charge in [0.1, 0.15) is 11.5 Å². The minimum atomic E-state index is -2.72. The number of aromatic hydroxyl groups is 2. The number of hydrogen-bond donors (Lipinski definition) is 2. The molecule has 2 atom stereocenters. The van der Waals surface area contributed by atoms with Gasteiger partial charge >= 0.3 is 0 Å². The van der Waals surface area contributed by atoms with Gasteiger partial charge in [-0.2, -0.15) is 0 Å². The molecule has 1 aliphatic rings. The van der Waals surface area contributed by atoms with Gasteiger partial charge in [-0.05, 0) is 63.0 Å². The molecule has 0 fully saturated rings. The van der Waals surface area contributed by atoms with Crippen molar-refractivity contribution in [3.05, 3.63) is 47.0 Å². The van der Waals surface area contributed by atoms with Gasteiger partial charge in [0.25, 0.3) is 0 Å². The predicted octanol–water partition coefficient (Wildman–Crippen LogP) is 5.85. The molecule has 0 saturated heterocycles. The molecule has 0 aromatic heterocycles. The van der Waals surface area contributed by atoms with E-state index in [-0.39, 0.29) is 35.5 Å². The van der Waals surface area contributed by atoms with Gasteiger partial charge in [-0.25, -0.2) is 0 Å². The summed E-state index contributed by atoms with van der Waals surface area (Å²) in [5.74, 6) is -2.38. The van der Waals surface area contributed by atoms with Crippen LogP contribution in [0.1, 0.15) is 80.7 Å². The molecular weight excluding hydrogens is 284 g/mol. The Morgan fingerprint density at radius 3 is 2.74 bits per heavy atom. The van der Waals surface area contributed by atoms with E-state index in [1.54, 1.807) is 0 Å². The van der Waals surface area contributed by atoms with Crippen LogP contribution >= 0.6 is 0 Å². The van der Waals surface area contributed by atoms with Gasteiger partial charge in [-0.3, -0.25) is 0 Å². The van der Waals surface area contributed by atoms with E-state index in [4.69, 9.17) is 11.0 Å². The Morgan fingerprint density at radius 2 is 2.13 bits per heavy atom. The SMILES string of the molecule is [2H]C([2H])=C([C@@H]1CCC(C([2H])([2H])[2H])=C[C@H]1c1c(O)cc(CCCCC)cc1O)C([2H])([2H])[2H]. The zero-order valence-corrected chi connectivity index (χ0v) is 13.5. The summed E-state index contributed by atoms with van der Waals surface area (Å²) in [7, 11) is 0. The Balaban J connectivity index is 2.61. The maximum absolute atomic E-state index is 10.7. The van der Waals surface area contributed by atoms with Crippen LogP contribution in [-0.2, 0) is 6.42 Å². The Labute approximate surface area is 151 Å². The standard InChI is InChI=1S/C21H30O2/c1-5-6-7-8-16-12-19(22)21(20(23)13-16)18-11-15(4)9-10-17(18)14(2)3/h11-13,17-18,22-23H,2,5-10H2,1,3-4H3/t17-,18+/m0/s1/i2D2,3D3,4D3. The zero-order chi connectivity index (χ0) is 23.6. The quantitative estimate of drug-likeness (QED) is 0.509. The van der Waals surface area contributed by atoms with Gasteiger partial charge in [0.05, 0.1) is 2.74 Å². The van der Waals surface area contributed by atoms with Crippen LogP contribution in [0.25, 0.3) is 0 Å². The third-order valence-electron chi connectivity index (χ3n) is 4.51. The van der Waals surface area contributed by atoms with E-state index in [1.165, 1.54) is 18.2 Å². The Morgan fingerprint density at radius 1 is 1.35 bits per heavy atom. The van der Waals surface area contributed by atoms with Gasteiger partial charge in [-0.15, -0.1) is 0 Å². The second-order valence-electron chi connectivity index (χ2n) is 6.28. The van der Waals surface area contributed by atoms with Crippen molar-refractivity contribution in [3.63, 3.8) is 0 Å². The molecule has 0 amide bonds. The molecular formula is C21H30O2. The zero-order valence-electron chi connectivity index (χ0n) is 21.5. The van der Waals surface area contributed by atoms with Gasteiger partial charge < -0.3 is 10.2 Å². The average Bonchev–Trinajstić information content (AvgIpc) is 2.60. The molecule has 1 aliphatic carbocycles. The van der Waals surface area contributed by atoms with Crippen LogP contribution in [0.15, 0.2) is 35.9 Å². The molecule has 2 heteroatoms. The van der Waals surface area contributed by atoms with Crippen LogP contribution in [0.2, 0.25) is 0 Å². The van der Waals surface area contributed by atoms with Crippen LogP contribution < -0.4 is 0 Å². The summed E-state index contributed by atoms with van der Waals surface area (Å²) < 4.78 is 62.0. The number of aryl methyl sites for hydroxylation is 1. The monoisotopic (exact) mass is 322 g/mol. The number of allylic oxidation sites excluding steroid dienone is 3. The first-order chi connectivity index (χ1) is 14.3. The van der Waals surface area contributed by atoms with E-state index in [9.17, 15) is 10.2 Å². The number of hydrogen-bond acceptors (Lipinski definition) is 2. The highest BCUT2D eigenvalue weighted by Gasteiger charge is 2.29. The predicted molar refractivity (Wildman–Crippen MR) is 97.0 cm³/mol. The third kappa shape index (κ3) is 4.19. The van der Waals surface area contributed by atoms with Crippen LogP contribution in [-0.4, -0.2) is 10.2 Å². The highest BCUT2D eigenvalue weighted by Crippen LogP contribution is 2.46. The fourth-order valence-corrected chi connectivity index (χ4v) is 3.26. The largest absolute Gasteiger partial charge is 0.507 e. The molecule has 1 aromatic carbocycles. The molecule has 0 saturated carbocycles. The van der Waals surface area contributed by atoms with Crippen molar-refractivity contribution in [1.82, 2.24) is 0 Å². The third-order valence-corrected chi connectivity index (χ3v) is 4.51. The van der Waals surface area contributed by atoms with Crippen LogP contribution in [0.4, 0.5) is 0 Å². The van der Waals surface area contributed by atoms with Crippen molar-refractivity contribution in [3.8, 4) is 11.5 Å². The summed E-state index contributed by atoms with van der Waals surface area (Å²) in [6.45, 7) is -3.91. The second-order valence-corrected chi connectivity index (χ2v) is 6.28. The normalized spacial score (nSPS) is 27.1. The van der Waals surface area contributed by atoms with Crippen LogP contribution in [0.5, 0.6) is 11.5 Å². The lowest BCUT2D eigenvalue weighted by Gasteiger charge is -2.31. The lowest BCUT2D eigenvalue weighted by Crippen LogP contribution is -2.17. The fourth-order valence-electron chi connectivity index (χ4n) is 3.26. The molecule has 2 N–H and O–H groups in total. The maximum atomic E-state index is 10.7. The molecule has 0 bridgehead atoms. The Bertz CT molecular complexity index is 825. The van der Waals surface area contributed by atoms with Crippen molar-refractivity contribution in [2.45, 2.75) is 65.1 Å². The number of phenolic OH excluding ortho intramolecular Hbond substituents is 2. The van der Waals surface area contributed by atoms with Gasteiger partial charge in [0.15, 0.2) is 0 Å². The van der Waals surface area contributed by atoms with E-state index in [1.807, 2.05) is 0 Å². The van der Waals surface area contributed by atoms with Crippen molar-refractivity contribution < 1.29 is 21.2 Å². The molecule has 126 valence electrons. The highest BCUT2D eigenvalue weighted by molar-refractivity contribution is 5.51. The smallest absolute Gasteiger partial charge is 0.123 e. The van der Waals surface area contributed by atoms with Crippen LogP contribution in [0.3, 0.4) is 0 Å². The molecule has 1 aromatic rings. The topological polar surface area (TPSA) is 40.5 Å². The number of phenols is 2. The first kappa shape index (κ1) is 9.56. The first-order valence-corrected chi connectivity index (χ1v) is 8.21.